The summed E-state index contributed by atoms with van der Waals surface area (Å²) in [7, 11) is 0. The molecular weight excluding hydrogens is 314 g/mol. The predicted octanol–water partition coefficient (Wildman–Crippen LogP) is 4.25. The Morgan fingerprint density at radius 2 is 1.84 bits per heavy atom. The molecule has 0 bridgehead atoms. The van der Waals surface area contributed by atoms with Gasteiger partial charge in [-0.15, -0.1) is 0 Å². The van der Waals surface area contributed by atoms with E-state index in [1.807, 2.05) is 42.8 Å². The lowest BCUT2D eigenvalue weighted by Crippen LogP contribution is -2.05. The molecule has 2 heterocycles. The molecule has 1 aromatic carbocycles. The van der Waals surface area contributed by atoms with Crippen LogP contribution < -0.4 is 10.1 Å². The molecule has 6 heteroatoms. The summed E-state index contributed by atoms with van der Waals surface area (Å²) in [4.78, 5) is 9.47. The molecule has 25 heavy (non-hydrogen) atoms. The normalized spacial score (nSPS) is 11.0. The first-order valence-electron chi connectivity index (χ1n) is 8.90. The first-order chi connectivity index (χ1) is 12.2. The van der Waals surface area contributed by atoms with Crippen LogP contribution in [0.25, 0.3) is 11.0 Å². The van der Waals surface area contributed by atoms with Crippen molar-refractivity contribution in [3.05, 3.63) is 35.8 Å². The van der Waals surface area contributed by atoms with Crippen LogP contribution in [-0.2, 0) is 13.0 Å². The molecule has 0 atom stereocenters. The highest BCUT2D eigenvalue weighted by Gasteiger charge is 2.16. The Morgan fingerprint density at radius 3 is 2.48 bits per heavy atom. The number of aromatic nitrogens is 4. The van der Waals surface area contributed by atoms with Crippen molar-refractivity contribution in [1.29, 1.82) is 0 Å². The monoisotopic (exact) mass is 339 g/mol. The maximum absolute atomic E-state index is 5.50. The average Bonchev–Trinajstić information content (AvgIpc) is 2.94. The van der Waals surface area contributed by atoms with Gasteiger partial charge in [0.2, 0.25) is 0 Å². The van der Waals surface area contributed by atoms with Crippen molar-refractivity contribution >= 4 is 22.5 Å². The number of hydrogen-bond donors (Lipinski definition) is 1. The van der Waals surface area contributed by atoms with Gasteiger partial charge in [-0.25, -0.2) is 9.97 Å². The number of benzene rings is 1. The molecule has 132 valence electrons. The molecule has 0 saturated carbocycles. The standard InChI is InChI=1S/C19H25N5O/c1-5-8-16-21-17-13(4)23-24(6-2)18(17)19(22-16)20-14-9-11-15(12-10-14)25-7-3/h9-12H,5-8H2,1-4H3,(H,20,21,22). The molecule has 0 aliphatic heterocycles. The number of rotatable bonds is 7. The SMILES string of the molecule is CCCc1nc(Nc2ccc(OCC)cc2)c2c(n1)c(C)nn2CC. The van der Waals surface area contributed by atoms with Crippen molar-refractivity contribution in [3.63, 3.8) is 0 Å². The Labute approximate surface area is 148 Å². The minimum absolute atomic E-state index is 0.661. The molecule has 0 spiro atoms. The number of nitrogens with zero attached hydrogens (tertiary/aromatic N) is 4. The van der Waals surface area contributed by atoms with E-state index < -0.39 is 0 Å². The van der Waals surface area contributed by atoms with E-state index >= 15 is 0 Å². The van der Waals surface area contributed by atoms with Crippen molar-refractivity contribution in [1.82, 2.24) is 19.7 Å². The highest BCUT2D eigenvalue weighted by atomic mass is 16.5. The van der Waals surface area contributed by atoms with Crippen LogP contribution in [0.4, 0.5) is 11.5 Å². The molecule has 0 amide bonds. The van der Waals surface area contributed by atoms with Gasteiger partial charge in [-0.3, -0.25) is 4.68 Å². The van der Waals surface area contributed by atoms with E-state index in [4.69, 9.17) is 14.7 Å². The minimum Gasteiger partial charge on any atom is -0.494 e. The van der Waals surface area contributed by atoms with Crippen LogP contribution >= 0.6 is 0 Å². The first kappa shape index (κ1) is 17.2. The van der Waals surface area contributed by atoms with Gasteiger partial charge in [0.1, 0.15) is 22.6 Å². The third kappa shape index (κ3) is 3.57. The number of ether oxygens (including phenoxy) is 1. The Hall–Kier alpha value is -2.63. The second-order valence-electron chi connectivity index (χ2n) is 5.92. The number of aryl methyl sites for hydroxylation is 3. The predicted molar refractivity (Wildman–Crippen MR) is 101 cm³/mol. The largest absolute Gasteiger partial charge is 0.494 e. The van der Waals surface area contributed by atoms with E-state index in [0.29, 0.717) is 6.61 Å². The van der Waals surface area contributed by atoms with Crippen LogP contribution in [-0.4, -0.2) is 26.4 Å². The Morgan fingerprint density at radius 1 is 1.08 bits per heavy atom. The molecule has 6 nitrogen and oxygen atoms in total. The van der Waals surface area contributed by atoms with E-state index in [-0.39, 0.29) is 0 Å². The lowest BCUT2D eigenvalue weighted by atomic mass is 10.2. The van der Waals surface area contributed by atoms with E-state index in [9.17, 15) is 0 Å². The van der Waals surface area contributed by atoms with Crippen LogP contribution in [0.15, 0.2) is 24.3 Å². The summed E-state index contributed by atoms with van der Waals surface area (Å²) in [6.45, 7) is 9.63. The summed E-state index contributed by atoms with van der Waals surface area (Å²) in [5, 5.41) is 8.04. The second-order valence-corrected chi connectivity index (χ2v) is 5.92. The Bertz CT molecular complexity index is 854. The van der Waals surface area contributed by atoms with Gasteiger partial charge >= 0.3 is 0 Å². The molecule has 1 N–H and O–H groups in total. The summed E-state index contributed by atoms with van der Waals surface area (Å²) >= 11 is 0. The second kappa shape index (κ2) is 7.51. The van der Waals surface area contributed by atoms with Crippen molar-refractivity contribution < 1.29 is 4.74 Å². The molecular formula is C19H25N5O. The molecule has 2 aromatic heterocycles. The van der Waals surface area contributed by atoms with E-state index in [1.54, 1.807) is 0 Å². The minimum atomic E-state index is 0.661. The lowest BCUT2D eigenvalue weighted by molar-refractivity contribution is 0.340. The molecule has 3 aromatic rings. The zero-order valence-electron chi connectivity index (χ0n) is 15.3. The van der Waals surface area contributed by atoms with Gasteiger partial charge in [-0.1, -0.05) is 6.92 Å². The summed E-state index contributed by atoms with van der Waals surface area (Å²) in [5.41, 5.74) is 3.78. The van der Waals surface area contributed by atoms with Gasteiger partial charge in [0, 0.05) is 18.7 Å². The van der Waals surface area contributed by atoms with Crippen LogP contribution in [0.2, 0.25) is 0 Å². The van der Waals surface area contributed by atoms with Crippen LogP contribution in [0.3, 0.4) is 0 Å². The van der Waals surface area contributed by atoms with Gasteiger partial charge in [0.25, 0.3) is 0 Å². The maximum atomic E-state index is 5.50. The van der Waals surface area contributed by atoms with Gasteiger partial charge in [-0.05, 0) is 51.5 Å². The molecule has 0 fully saturated rings. The molecule has 0 unspecified atom stereocenters. The molecule has 0 radical (unpaired) electrons. The number of fused-ring (bicyclic) bond motifs is 1. The fourth-order valence-electron chi connectivity index (χ4n) is 2.87. The quantitative estimate of drug-likeness (QED) is 0.697. The molecule has 3 rings (SSSR count). The first-order valence-corrected chi connectivity index (χ1v) is 8.90. The molecule has 0 aliphatic carbocycles. The highest BCUT2D eigenvalue weighted by Crippen LogP contribution is 2.27. The van der Waals surface area contributed by atoms with E-state index in [2.05, 4.69) is 24.3 Å². The lowest BCUT2D eigenvalue weighted by Gasteiger charge is -2.11. The molecule has 0 saturated heterocycles. The van der Waals surface area contributed by atoms with Crippen molar-refractivity contribution in [2.75, 3.05) is 11.9 Å². The zero-order valence-corrected chi connectivity index (χ0v) is 15.3. The van der Waals surface area contributed by atoms with Gasteiger partial charge < -0.3 is 10.1 Å². The van der Waals surface area contributed by atoms with Crippen molar-refractivity contribution in [2.24, 2.45) is 0 Å². The van der Waals surface area contributed by atoms with Gasteiger partial charge in [-0.2, -0.15) is 5.10 Å². The van der Waals surface area contributed by atoms with Crippen molar-refractivity contribution in [2.45, 2.75) is 47.1 Å². The number of anilines is 2. The summed E-state index contributed by atoms with van der Waals surface area (Å²) < 4.78 is 7.46. The zero-order chi connectivity index (χ0) is 17.8. The van der Waals surface area contributed by atoms with Gasteiger partial charge in [0.05, 0.1) is 12.3 Å². The summed E-state index contributed by atoms with van der Waals surface area (Å²) in [6.07, 6.45) is 1.86. The van der Waals surface area contributed by atoms with Crippen molar-refractivity contribution in [3.8, 4) is 5.75 Å². The van der Waals surface area contributed by atoms with Crippen LogP contribution in [0, 0.1) is 6.92 Å². The van der Waals surface area contributed by atoms with Crippen LogP contribution in [0.1, 0.15) is 38.7 Å². The fourth-order valence-corrected chi connectivity index (χ4v) is 2.87. The number of nitrogens with one attached hydrogen (secondary N) is 1. The molecule has 0 aliphatic rings. The number of hydrogen-bond acceptors (Lipinski definition) is 5. The smallest absolute Gasteiger partial charge is 0.160 e. The summed E-state index contributed by atoms with van der Waals surface area (Å²) in [5.74, 6) is 2.52. The van der Waals surface area contributed by atoms with Gasteiger partial charge in [0.15, 0.2) is 5.82 Å². The average molecular weight is 339 g/mol. The Balaban J connectivity index is 2.03. The Kier molecular flexibility index (Phi) is 5.16. The van der Waals surface area contributed by atoms with Crippen LogP contribution in [0.5, 0.6) is 5.75 Å². The third-order valence-corrected chi connectivity index (χ3v) is 4.00. The fraction of sp³-hybridized carbons (Fsp3) is 0.421. The summed E-state index contributed by atoms with van der Waals surface area (Å²) in [6, 6.07) is 7.91. The topological polar surface area (TPSA) is 64.9 Å². The maximum Gasteiger partial charge on any atom is 0.160 e. The van der Waals surface area contributed by atoms with E-state index in [1.165, 1.54) is 0 Å². The van der Waals surface area contributed by atoms with E-state index in [0.717, 1.165) is 59.2 Å². The highest BCUT2D eigenvalue weighted by molar-refractivity contribution is 5.89. The third-order valence-electron chi connectivity index (χ3n) is 4.00.